The van der Waals surface area contributed by atoms with Crippen LogP contribution in [0.2, 0.25) is 0 Å². The minimum atomic E-state index is -0.280. The van der Waals surface area contributed by atoms with Gasteiger partial charge in [-0.1, -0.05) is 57.9 Å². The predicted molar refractivity (Wildman–Crippen MR) is 131 cm³/mol. The average Bonchev–Trinajstić information content (AvgIpc) is 2.73. The van der Waals surface area contributed by atoms with Gasteiger partial charge in [0.2, 0.25) is 0 Å². The molecule has 0 saturated carbocycles. The summed E-state index contributed by atoms with van der Waals surface area (Å²) in [5.74, 6) is 0.953. The number of hydrogen-bond acceptors (Lipinski definition) is 3. The Morgan fingerprint density at radius 1 is 0.867 bits per heavy atom. The summed E-state index contributed by atoms with van der Waals surface area (Å²) in [5, 5.41) is 0. The van der Waals surface area contributed by atoms with Gasteiger partial charge in [0.25, 0.3) is 0 Å². The molecule has 30 heavy (non-hydrogen) atoms. The van der Waals surface area contributed by atoms with E-state index < -0.39 is 0 Å². The summed E-state index contributed by atoms with van der Waals surface area (Å²) in [6.45, 7) is 22.5. The molecule has 0 aliphatic carbocycles. The molecule has 1 unspecified atom stereocenters. The number of esters is 1. The van der Waals surface area contributed by atoms with E-state index in [1.54, 1.807) is 24.3 Å². The van der Waals surface area contributed by atoms with E-state index in [9.17, 15) is 4.79 Å². The highest BCUT2D eigenvalue weighted by Crippen LogP contribution is 2.20. The molecule has 0 aliphatic rings. The minimum Gasteiger partial charge on any atom is -0.491 e. The fourth-order valence-corrected chi connectivity index (χ4v) is 2.43. The van der Waals surface area contributed by atoms with Crippen LogP contribution < -0.4 is 4.74 Å². The average molecular weight is 419 g/mol. The van der Waals surface area contributed by atoms with Crippen molar-refractivity contribution in [2.45, 2.75) is 101 Å². The van der Waals surface area contributed by atoms with Crippen molar-refractivity contribution in [1.82, 2.24) is 0 Å². The van der Waals surface area contributed by atoms with Gasteiger partial charge in [0.15, 0.2) is 0 Å². The van der Waals surface area contributed by atoms with E-state index in [2.05, 4.69) is 39.8 Å². The molecule has 0 spiro atoms. The Hall–Kier alpha value is -2.03. The SMILES string of the molecule is CC.CC.CC(C)=C/C=C(\C)[C@@H](C)CCC(C)OC(=O)c1ccc(OC(C)C)cc1. The van der Waals surface area contributed by atoms with E-state index in [-0.39, 0.29) is 18.2 Å². The highest BCUT2D eigenvalue weighted by atomic mass is 16.5. The summed E-state index contributed by atoms with van der Waals surface area (Å²) >= 11 is 0. The number of carbonyl (C=O) groups is 1. The van der Waals surface area contributed by atoms with Crippen LogP contribution in [0, 0.1) is 5.92 Å². The number of rotatable bonds is 9. The van der Waals surface area contributed by atoms with Gasteiger partial charge < -0.3 is 9.47 Å². The summed E-state index contributed by atoms with van der Waals surface area (Å²) in [6.07, 6.45) is 6.17. The lowest BCUT2D eigenvalue weighted by Crippen LogP contribution is -2.16. The molecule has 1 rings (SSSR count). The van der Waals surface area contributed by atoms with Gasteiger partial charge in [0.05, 0.1) is 17.8 Å². The lowest BCUT2D eigenvalue weighted by molar-refractivity contribution is 0.0315. The van der Waals surface area contributed by atoms with Crippen molar-refractivity contribution >= 4 is 5.97 Å². The van der Waals surface area contributed by atoms with Crippen LogP contribution in [0.25, 0.3) is 0 Å². The molecule has 0 aromatic heterocycles. The standard InChI is InChI=1S/C23H34O3.2C2H6/c1-16(2)8-9-18(5)19(6)10-11-20(7)26-23(24)21-12-14-22(15-13-21)25-17(3)4;2*1-2/h8-9,12-15,17,19-20H,10-11H2,1-7H3;2*1-2H3/b18-9+;;/t19-,20?;;/m0../s1. The lowest BCUT2D eigenvalue weighted by Gasteiger charge is -2.17. The fraction of sp³-hybridized carbons (Fsp3) is 0.593. The monoisotopic (exact) mass is 418 g/mol. The Morgan fingerprint density at radius 2 is 1.40 bits per heavy atom. The largest absolute Gasteiger partial charge is 0.491 e. The van der Waals surface area contributed by atoms with Crippen molar-refractivity contribution in [1.29, 1.82) is 0 Å². The number of carbonyl (C=O) groups excluding carboxylic acids is 1. The molecule has 0 heterocycles. The molecule has 0 aliphatic heterocycles. The Kier molecular flexibility index (Phi) is 17.9. The summed E-state index contributed by atoms with van der Waals surface area (Å²) in [5.41, 5.74) is 3.20. The Bertz CT molecular complexity index is 620. The van der Waals surface area contributed by atoms with E-state index in [0.29, 0.717) is 11.5 Å². The first-order chi connectivity index (χ1) is 14.2. The quantitative estimate of drug-likeness (QED) is 0.298. The van der Waals surface area contributed by atoms with Gasteiger partial charge in [0, 0.05) is 0 Å². The van der Waals surface area contributed by atoms with Crippen molar-refractivity contribution in [3.05, 3.63) is 53.1 Å². The fourth-order valence-electron chi connectivity index (χ4n) is 2.43. The van der Waals surface area contributed by atoms with Crippen LogP contribution in [0.1, 0.15) is 99.4 Å². The second kappa shape index (κ2) is 17.8. The first-order valence-electron chi connectivity index (χ1n) is 11.5. The predicted octanol–water partition coefficient (Wildman–Crippen LogP) is 8.40. The van der Waals surface area contributed by atoms with Gasteiger partial charge in [-0.25, -0.2) is 4.79 Å². The first kappa shape index (κ1) is 30.2. The summed E-state index contributed by atoms with van der Waals surface area (Å²) in [6, 6.07) is 7.12. The summed E-state index contributed by atoms with van der Waals surface area (Å²) in [7, 11) is 0. The second-order valence-corrected chi connectivity index (χ2v) is 7.54. The van der Waals surface area contributed by atoms with Gasteiger partial charge >= 0.3 is 5.97 Å². The minimum absolute atomic E-state index is 0.104. The third-order valence-electron chi connectivity index (χ3n) is 4.23. The molecule has 1 aromatic carbocycles. The molecule has 0 radical (unpaired) electrons. The van der Waals surface area contributed by atoms with Crippen LogP contribution in [0.5, 0.6) is 5.75 Å². The van der Waals surface area contributed by atoms with Gasteiger partial charge in [-0.05, 0) is 84.6 Å². The normalized spacial score (nSPS) is 12.5. The molecule has 0 fully saturated rings. The third kappa shape index (κ3) is 14.0. The van der Waals surface area contributed by atoms with E-state index >= 15 is 0 Å². The number of benzene rings is 1. The molecule has 0 N–H and O–H groups in total. The Morgan fingerprint density at radius 3 is 1.87 bits per heavy atom. The van der Waals surface area contributed by atoms with E-state index in [1.165, 1.54) is 11.1 Å². The zero-order chi connectivity index (χ0) is 23.7. The molecule has 2 atom stereocenters. The van der Waals surface area contributed by atoms with Crippen molar-refractivity contribution < 1.29 is 14.3 Å². The maximum atomic E-state index is 12.3. The van der Waals surface area contributed by atoms with Crippen molar-refractivity contribution in [2.75, 3.05) is 0 Å². The van der Waals surface area contributed by atoms with Gasteiger partial charge in [-0.3, -0.25) is 0 Å². The van der Waals surface area contributed by atoms with Crippen LogP contribution in [-0.2, 0) is 4.74 Å². The molecule has 3 heteroatoms. The van der Waals surface area contributed by atoms with E-state index in [1.807, 2.05) is 48.5 Å². The second-order valence-electron chi connectivity index (χ2n) is 7.54. The zero-order valence-corrected chi connectivity index (χ0v) is 21.3. The van der Waals surface area contributed by atoms with Gasteiger partial charge in [-0.15, -0.1) is 0 Å². The maximum Gasteiger partial charge on any atom is 0.338 e. The smallest absolute Gasteiger partial charge is 0.338 e. The summed E-state index contributed by atoms with van der Waals surface area (Å²) < 4.78 is 11.2. The number of allylic oxidation sites excluding steroid dienone is 4. The lowest BCUT2D eigenvalue weighted by atomic mass is 9.95. The zero-order valence-electron chi connectivity index (χ0n) is 21.3. The molecule has 0 saturated heterocycles. The van der Waals surface area contributed by atoms with Crippen molar-refractivity contribution in [3.63, 3.8) is 0 Å². The van der Waals surface area contributed by atoms with Crippen LogP contribution in [0.15, 0.2) is 47.6 Å². The molecule has 1 aromatic rings. The highest BCUT2D eigenvalue weighted by molar-refractivity contribution is 5.89. The van der Waals surface area contributed by atoms with E-state index in [4.69, 9.17) is 9.47 Å². The number of hydrogen-bond donors (Lipinski definition) is 0. The topological polar surface area (TPSA) is 35.5 Å². The third-order valence-corrected chi connectivity index (χ3v) is 4.23. The molecular formula is C27H46O3. The van der Waals surface area contributed by atoms with Crippen LogP contribution >= 0.6 is 0 Å². The molecule has 0 bridgehead atoms. The van der Waals surface area contributed by atoms with E-state index in [0.717, 1.165) is 18.6 Å². The number of ether oxygens (including phenoxy) is 2. The van der Waals surface area contributed by atoms with Crippen LogP contribution in [-0.4, -0.2) is 18.2 Å². The van der Waals surface area contributed by atoms with Crippen LogP contribution in [0.3, 0.4) is 0 Å². The van der Waals surface area contributed by atoms with Crippen LogP contribution in [0.4, 0.5) is 0 Å². The highest BCUT2D eigenvalue weighted by Gasteiger charge is 2.14. The molecule has 172 valence electrons. The van der Waals surface area contributed by atoms with Crippen molar-refractivity contribution in [2.24, 2.45) is 5.92 Å². The van der Waals surface area contributed by atoms with Gasteiger partial charge in [0.1, 0.15) is 5.75 Å². The summed E-state index contributed by atoms with van der Waals surface area (Å²) in [4.78, 5) is 12.3. The Labute approximate surface area is 186 Å². The molecule has 0 amide bonds. The Balaban J connectivity index is 0. The van der Waals surface area contributed by atoms with Gasteiger partial charge in [-0.2, -0.15) is 0 Å². The molecular weight excluding hydrogens is 372 g/mol. The maximum absolute atomic E-state index is 12.3. The first-order valence-corrected chi connectivity index (χ1v) is 11.5. The van der Waals surface area contributed by atoms with Crippen molar-refractivity contribution in [3.8, 4) is 5.75 Å². The molecule has 3 nitrogen and oxygen atoms in total.